The van der Waals surface area contributed by atoms with E-state index in [9.17, 15) is 18.8 Å². The molecule has 1 aromatic carbocycles. The van der Waals surface area contributed by atoms with Crippen molar-refractivity contribution in [3.8, 4) is 0 Å². The van der Waals surface area contributed by atoms with Gasteiger partial charge in [0.15, 0.2) is 0 Å². The number of anilines is 1. The summed E-state index contributed by atoms with van der Waals surface area (Å²) in [6.45, 7) is 1.61. The number of furan rings is 1. The van der Waals surface area contributed by atoms with Crippen LogP contribution in [0, 0.1) is 11.7 Å². The van der Waals surface area contributed by atoms with E-state index in [1.165, 1.54) is 30.5 Å². The van der Waals surface area contributed by atoms with Crippen LogP contribution in [-0.2, 0) is 16.1 Å². The first-order valence-electron chi connectivity index (χ1n) is 9.41. The number of hydrogen-bond acceptors (Lipinski definition) is 4. The molecule has 154 valence electrons. The number of likely N-dealkylation sites (tertiary alicyclic amines) is 1. The van der Waals surface area contributed by atoms with E-state index in [2.05, 4.69) is 16.0 Å². The molecule has 0 saturated carbocycles. The zero-order valence-corrected chi connectivity index (χ0v) is 15.8. The monoisotopic (exact) mass is 402 g/mol. The molecule has 0 spiro atoms. The fourth-order valence-electron chi connectivity index (χ4n) is 3.05. The average Bonchev–Trinajstić information content (AvgIpc) is 3.26. The topological polar surface area (TPSA) is 104 Å². The van der Waals surface area contributed by atoms with Crippen LogP contribution in [0.2, 0.25) is 0 Å². The zero-order chi connectivity index (χ0) is 20.6. The van der Waals surface area contributed by atoms with Gasteiger partial charge in [-0.3, -0.25) is 9.59 Å². The van der Waals surface area contributed by atoms with Crippen molar-refractivity contribution < 1.29 is 23.2 Å². The molecule has 8 nitrogen and oxygen atoms in total. The van der Waals surface area contributed by atoms with Crippen LogP contribution in [0.3, 0.4) is 0 Å². The van der Waals surface area contributed by atoms with E-state index in [-0.39, 0.29) is 24.3 Å². The Morgan fingerprint density at radius 2 is 1.72 bits per heavy atom. The van der Waals surface area contributed by atoms with Gasteiger partial charge in [-0.1, -0.05) is 0 Å². The zero-order valence-electron chi connectivity index (χ0n) is 15.8. The van der Waals surface area contributed by atoms with Gasteiger partial charge in [0.2, 0.25) is 0 Å². The van der Waals surface area contributed by atoms with Crippen LogP contribution in [0.1, 0.15) is 18.6 Å². The van der Waals surface area contributed by atoms with Gasteiger partial charge in [0, 0.05) is 25.3 Å². The highest BCUT2D eigenvalue weighted by Crippen LogP contribution is 2.18. The second-order valence-electron chi connectivity index (χ2n) is 6.84. The first kappa shape index (κ1) is 20.4. The predicted octanol–water partition coefficient (Wildman–Crippen LogP) is 2.10. The van der Waals surface area contributed by atoms with Gasteiger partial charge >= 0.3 is 17.8 Å². The molecule has 2 heterocycles. The van der Waals surface area contributed by atoms with Crippen LogP contribution in [0.25, 0.3) is 0 Å². The Hall–Kier alpha value is -3.36. The molecular weight excluding hydrogens is 379 g/mol. The minimum Gasteiger partial charge on any atom is -0.467 e. The summed E-state index contributed by atoms with van der Waals surface area (Å²) < 4.78 is 18.0. The lowest BCUT2D eigenvalue weighted by atomic mass is 9.97. The Labute approximate surface area is 167 Å². The Morgan fingerprint density at radius 3 is 2.38 bits per heavy atom. The Bertz CT molecular complexity index is 831. The lowest BCUT2D eigenvalue weighted by Crippen LogP contribution is -2.45. The minimum absolute atomic E-state index is 0.154. The molecule has 1 aliphatic heterocycles. The van der Waals surface area contributed by atoms with Crippen LogP contribution in [0.4, 0.5) is 14.9 Å². The second kappa shape index (κ2) is 9.72. The van der Waals surface area contributed by atoms with Crippen LogP contribution in [0.5, 0.6) is 0 Å². The third kappa shape index (κ3) is 6.06. The first-order valence-corrected chi connectivity index (χ1v) is 9.41. The third-order valence-electron chi connectivity index (χ3n) is 4.76. The molecule has 1 aromatic heterocycles. The Balaban J connectivity index is 1.34. The molecule has 0 atom stereocenters. The summed E-state index contributed by atoms with van der Waals surface area (Å²) in [6, 6.07) is 8.76. The number of benzene rings is 1. The molecule has 0 aliphatic carbocycles. The van der Waals surface area contributed by atoms with Gasteiger partial charge in [-0.15, -0.1) is 0 Å². The molecule has 1 aliphatic rings. The van der Waals surface area contributed by atoms with Crippen molar-refractivity contribution >= 4 is 23.5 Å². The maximum atomic E-state index is 12.9. The summed E-state index contributed by atoms with van der Waals surface area (Å²) >= 11 is 0. The van der Waals surface area contributed by atoms with E-state index in [1.54, 1.807) is 17.0 Å². The lowest BCUT2D eigenvalue weighted by molar-refractivity contribution is -0.139. The average molecular weight is 402 g/mol. The van der Waals surface area contributed by atoms with Crippen molar-refractivity contribution in [2.75, 3.05) is 25.0 Å². The van der Waals surface area contributed by atoms with Crippen molar-refractivity contribution in [3.63, 3.8) is 0 Å². The summed E-state index contributed by atoms with van der Waals surface area (Å²) in [5, 5.41) is 7.86. The third-order valence-corrected chi connectivity index (χ3v) is 4.76. The maximum Gasteiger partial charge on any atom is 0.321 e. The molecule has 0 bridgehead atoms. The second-order valence-corrected chi connectivity index (χ2v) is 6.84. The number of halogens is 1. The van der Waals surface area contributed by atoms with Gasteiger partial charge in [0.1, 0.15) is 11.6 Å². The van der Waals surface area contributed by atoms with E-state index >= 15 is 0 Å². The molecule has 9 heteroatoms. The van der Waals surface area contributed by atoms with Crippen molar-refractivity contribution in [1.82, 2.24) is 15.5 Å². The normalized spacial score (nSPS) is 14.3. The maximum absolute atomic E-state index is 12.9. The van der Waals surface area contributed by atoms with E-state index in [0.29, 0.717) is 43.9 Å². The smallest absolute Gasteiger partial charge is 0.321 e. The van der Waals surface area contributed by atoms with Crippen molar-refractivity contribution in [2.24, 2.45) is 5.92 Å². The number of nitrogens with one attached hydrogen (secondary N) is 3. The van der Waals surface area contributed by atoms with Gasteiger partial charge in [-0.05, 0) is 55.2 Å². The highest BCUT2D eigenvalue weighted by Gasteiger charge is 2.24. The number of hydrogen-bond donors (Lipinski definition) is 3. The van der Waals surface area contributed by atoms with E-state index in [1.807, 2.05) is 0 Å². The molecule has 0 radical (unpaired) electrons. The number of amides is 4. The highest BCUT2D eigenvalue weighted by molar-refractivity contribution is 6.35. The van der Waals surface area contributed by atoms with Gasteiger partial charge in [-0.25, -0.2) is 9.18 Å². The number of carbonyl (C=O) groups excluding carboxylic acids is 3. The minimum atomic E-state index is -0.711. The summed E-state index contributed by atoms with van der Waals surface area (Å²) in [4.78, 5) is 37.6. The lowest BCUT2D eigenvalue weighted by Gasteiger charge is -2.32. The van der Waals surface area contributed by atoms with Crippen LogP contribution in [0.15, 0.2) is 47.1 Å². The van der Waals surface area contributed by atoms with E-state index < -0.39 is 11.8 Å². The fraction of sp³-hybridized carbons (Fsp3) is 0.350. The van der Waals surface area contributed by atoms with Gasteiger partial charge < -0.3 is 25.3 Å². The van der Waals surface area contributed by atoms with Crippen LogP contribution in [-0.4, -0.2) is 42.4 Å². The molecule has 3 N–H and O–H groups in total. The predicted molar refractivity (Wildman–Crippen MR) is 103 cm³/mol. The van der Waals surface area contributed by atoms with Crippen LogP contribution >= 0.6 is 0 Å². The largest absolute Gasteiger partial charge is 0.467 e. The summed E-state index contributed by atoms with van der Waals surface area (Å²) in [7, 11) is 0. The molecule has 1 fully saturated rings. The Morgan fingerprint density at radius 1 is 1.03 bits per heavy atom. The molecule has 2 aromatic rings. The number of urea groups is 1. The van der Waals surface area contributed by atoms with Gasteiger partial charge in [0.25, 0.3) is 0 Å². The molecule has 4 amide bonds. The van der Waals surface area contributed by atoms with E-state index in [0.717, 1.165) is 0 Å². The van der Waals surface area contributed by atoms with Gasteiger partial charge in [0.05, 0.1) is 12.8 Å². The molecule has 1 saturated heterocycles. The number of rotatable bonds is 5. The number of carbonyl (C=O) groups is 3. The van der Waals surface area contributed by atoms with Gasteiger partial charge in [-0.2, -0.15) is 0 Å². The van der Waals surface area contributed by atoms with Crippen molar-refractivity contribution in [1.29, 1.82) is 0 Å². The molecular formula is C20H23FN4O4. The number of piperidine rings is 1. The summed E-state index contributed by atoms with van der Waals surface area (Å²) in [6.07, 6.45) is 2.92. The molecule has 29 heavy (non-hydrogen) atoms. The highest BCUT2D eigenvalue weighted by atomic mass is 19.1. The molecule has 3 rings (SSSR count). The SMILES string of the molecule is O=C(NCc1ccco1)C(=O)NCC1CCN(C(=O)Nc2ccc(F)cc2)CC1. The van der Waals surface area contributed by atoms with Crippen LogP contribution < -0.4 is 16.0 Å². The first-order chi connectivity index (χ1) is 14.0. The number of nitrogens with zero attached hydrogens (tertiary/aromatic N) is 1. The van der Waals surface area contributed by atoms with E-state index in [4.69, 9.17) is 4.42 Å². The summed E-state index contributed by atoms with van der Waals surface area (Å²) in [5.41, 5.74) is 0.534. The van der Waals surface area contributed by atoms with Crippen molar-refractivity contribution in [3.05, 3.63) is 54.2 Å². The Kier molecular flexibility index (Phi) is 6.83. The van der Waals surface area contributed by atoms with Crippen molar-refractivity contribution in [2.45, 2.75) is 19.4 Å². The quantitative estimate of drug-likeness (QED) is 0.666. The molecule has 0 unspecified atom stereocenters. The standard InChI is InChI=1S/C20H23FN4O4/c21-15-3-5-16(6-4-15)24-20(28)25-9-7-14(8-10-25)12-22-18(26)19(27)23-13-17-2-1-11-29-17/h1-6,11,14H,7-10,12-13H2,(H,22,26)(H,23,27)(H,24,28). The fourth-order valence-corrected chi connectivity index (χ4v) is 3.05. The summed E-state index contributed by atoms with van der Waals surface area (Å²) in [5.74, 6) is -1.00.